The van der Waals surface area contributed by atoms with Crippen LogP contribution in [0.1, 0.15) is 39.9 Å². The number of aromatic nitrogens is 1. The van der Waals surface area contributed by atoms with E-state index in [1.807, 2.05) is 44.2 Å². The van der Waals surface area contributed by atoms with Gasteiger partial charge in [-0.05, 0) is 50.6 Å². The van der Waals surface area contributed by atoms with Crippen LogP contribution < -0.4 is 4.74 Å². The van der Waals surface area contributed by atoms with Gasteiger partial charge < -0.3 is 18.9 Å². The highest BCUT2D eigenvalue weighted by Crippen LogP contribution is 2.18. The Morgan fingerprint density at radius 3 is 2.35 bits per heavy atom. The molecule has 0 fully saturated rings. The normalized spacial score (nSPS) is 11.6. The molecule has 1 heterocycles. The molecule has 1 atom stereocenters. The second-order valence-electron chi connectivity index (χ2n) is 7.34. The van der Waals surface area contributed by atoms with Crippen LogP contribution in [0, 0.1) is 13.8 Å². The predicted molar refractivity (Wildman–Crippen MR) is 115 cm³/mol. The minimum absolute atomic E-state index is 0.267. The van der Waals surface area contributed by atoms with Crippen LogP contribution in [0.25, 0.3) is 0 Å². The van der Waals surface area contributed by atoms with Crippen molar-refractivity contribution >= 4 is 11.9 Å². The smallest absolute Gasteiger partial charge is 0.338 e. The molecule has 1 aromatic heterocycles. The third kappa shape index (κ3) is 5.72. The molecule has 0 unspecified atom stereocenters. The third-order valence-corrected chi connectivity index (χ3v) is 4.92. The average molecular weight is 422 g/mol. The van der Waals surface area contributed by atoms with Gasteiger partial charge in [0.1, 0.15) is 18.1 Å². The van der Waals surface area contributed by atoms with Crippen molar-refractivity contribution in [2.75, 3.05) is 7.05 Å². The Bertz CT molecular complexity index is 1010. The molecule has 0 radical (unpaired) electrons. The van der Waals surface area contributed by atoms with Crippen LogP contribution in [0.2, 0.25) is 0 Å². The Hall–Kier alpha value is -3.61. The van der Waals surface area contributed by atoms with E-state index in [1.54, 1.807) is 43.1 Å². The molecule has 162 valence electrons. The van der Waals surface area contributed by atoms with Gasteiger partial charge >= 0.3 is 5.97 Å². The Kier molecular flexibility index (Phi) is 7.07. The summed E-state index contributed by atoms with van der Waals surface area (Å²) in [6, 6.07) is 16.2. The Balaban J connectivity index is 1.53. The summed E-state index contributed by atoms with van der Waals surface area (Å²) in [5, 5.41) is 3.90. The lowest BCUT2D eigenvalue weighted by atomic mass is 10.2. The van der Waals surface area contributed by atoms with Crippen LogP contribution in [0.3, 0.4) is 0 Å². The first-order chi connectivity index (χ1) is 14.8. The van der Waals surface area contributed by atoms with Gasteiger partial charge in [-0.15, -0.1) is 0 Å². The zero-order valence-corrected chi connectivity index (χ0v) is 18.1. The molecular formula is C24H26N2O5. The van der Waals surface area contributed by atoms with Crippen molar-refractivity contribution in [3.05, 3.63) is 82.7 Å². The fraction of sp³-hybridized carbons (Fsp3) is 0.292. The summed E-state index contributed by atoms with van der Waals surface area (Å²) in [4.78, 5) is 26.5. The molecule has 0 aliphatic rings. The van der Waals surface area contributed by atoms with E-state index in [1.165, 1.54) is 0 Å². The molecule has 0 saturated carbocycles. The van der Waals surface area contributed by atoms with Gasteiger partial charge in [-0.2, -0.15) is 0 Å². The number of benzene rings is 2. The monoisotopic (exact) mass is 422 g/mol. The zero-order valence-electron chi connectivity index (χ0n) is 18.1. The lowest BCUT2D eigenvalue weighted by Gasteiger charge is -2.21. The van der Waals surface area contributed by atoms with Crippen LogP contribution in [0.5, 0.6) is 5.75 Å². The molecule has 0 saturated heterocycles. The predicted octanol–water partition coefficient (Wildman–Crippen LogP) is 4.07. The van der Waals surface area contributed by atoms with Crippen molar-refractivity contribution in [1.82, 2.24) is 10.1 Å². The summed E-state index contributed by atoms with van der Waals surface area (Å²) >= 11 is 0. The standard InChI is InChI=1S/C24H26N2O5/c1-16-22(17(2)31-25-16)15-29-21-12-10-20(11-13-21)24(28)30-18(3)23(27)26(4)14-19-8-6-5-7-9-19/h5-13,18H,14-15H2,1-4H3/t18-/m1/s1. The molecule has 3 rings (SSSR count). The lowest BCUT2D eigenvalue weighted by molar-refractivity contribution is -0.139. The zero-order chi connectivity index (χ0) is 22.4. The lowest BCUT2D eigenvalue weighted by Crippen LogP contribution is -2.37. The van der Waals surface area contributed by atoms with Gasteiger partial charge in [-0.1, -0.05) is 35.5 Å². The minimum atomic E-state index is -0.892. The molecule has 2 aromatic carbocycles. The van der Waals surface area contributed by atoms with Crippen molar-refractivity contribution < 1.29 is 23.6 Å². The number of carbonyl (C=O) groups is 2. The molecule has 7 heteroatoms. The van der Waals surface area contributed by atoms with Gasteiger partial charge in [-0.3, -0.25) is 4.79 Å². The first-order valence-electron chi connectivity index (χ1n) is 9.99. The number of rotatable bonds is 8. The molecule has 0 N–H and O–H groups in total. The van der Waals surface area contributed by atoms with E-state index >= 15 is 0 Å². The van der Waals surface area contributed by atoms with E-state index in [0.29, 0.717) is 30.2 Å². The first-order valence-corrected chi connectivity index (χ1v) is 9.99. The highest BCUT2D eigenvalue weighted by atomic mass is 16.5. The molecule has 31 heavy (non-hydrogen) atoms. The van der Waals surface area contributed by atoms with Crippen molar-refractivity contribution in [3.8, 4) is 5.75 Å². The number of hydrogen-bond acceptors (Lipinski definition) is 6. The summed E-state index contributed by atoms with van der Waals surface area (Å²) in [5.74, 6) is 0.486. The van der Waals surface area contributed by atoms with Crippen molar-refractivity contribution in [3.63, 3.8) is 0 Å². The summed E-state index contributed by atoms with van der Waals surface area (Å²) in [7, 11) is 1.69. The van der Waals surface area contributed by atoms with Gasteiger partial charge in [0.2, 0.25) is 0 Å². The average Bonchev–Trinajstić information content (AvgIpc) is 3.09. The van der Waals surface area contributed by atoms with Crippen molar-refractivity contribution in [2.45, 2.75) is 40.0 Å². The molecule has 3 aromatic rings. The second kappa shape index (κ2) is 9.93. The van der Waals surface area contributed by atoms with E-state index in [0.717, 1.165) is 16.8 Å². The fourth-order valence-electron chi connectivity index (χ4n) is 3.08. The van der Waals surface area contributed by atoms with E-state index in [9.17, 15) is 9.59 Å². The van der Waals surface area contributed by atoms with Gasteiger partial charge in [-0.25, -0.2) is 4.79 Å². The summed E-state index contributed by atoms with van der Waals surface area (Å²) in [5.41, 5.74) is 3.03. The third-order valence-electron chi connectivity index (χ3n) is 4.92. The van der Waals surface area contributed by atoms with Gasteiger partial charge in [0.15, 0.2) is 6.10 Å². The van der Waals surface area contributed by atoms with Crippen LogP contribution in [-0.4, -0.2) is 35.1 Å². The highest BCUT2D eigenvalue weighted by Gasteiger charge is 2.22. The number of carbonyl (C=O) groups excluding carboxylic acids is 2. The molecular weight excluding hydrogens is 396 g/mol. The second-order valence-corrected chi connectivity index (χ2v) is 7.34. The van der Waals surface area contributed by atoms with E-state index in [-0.39, 0.29) is 5.91 Å². The molecule has 0 aliphatic heterocycles. The quantitative estimate of drug-likeness (QED) is 0.509. The van der Waals surface area contributed by atoms with Crippen molar-refractivity contribution in [1.29, 1.82) is 0 Å². The maximum atomic E-state index is 12.5. The van der Waals surface area contributed by atoms with Gasteiger partial charge in [0.25, 0.3) is 5.91 Å². The molecule has 0 aliphatic carbocycles. The Labute approximate surface area is 181 Å². The first kappa shape index (κ1) is 22.1. The maximum Gasteiger partial charge on any atom is 0.338 e. The van der Waals surface area contributed by atoms with E-state index in [2.05, 4.69) is 5.16 Å². The number of nitrogens with zero attached hydrogens (tertiary/aromatic N) is 2. The van der Waals surface area contributed by atoms with Gasteiger partial charge in [0.05, 0.1) is 16.8 Å². The van der Waals surface area contributed by atoms with Crippen LogP contribution in [0.4, 0.5) is 0 Å². The number of ether oxygens (including phenoxy) is 2. The van der Waals surface area contributed by atoms with Gasteiger partial charge in [0, 0.05) is 13.6 Å². The number of likely N-dealkylation sites (N-methyl/N-ethyl adjacent to an activating group) is 1. The van der Waals surface area contributed by atoms with Crippen LogP contribution in [-0.2, 0) is 22.7 Å². The van der Waals surface area contributed by atoms with E-state index in [4.69, 9.17) is 14.0 Å². The molecule has 0 spiro atoms. The summed E-state index contributed by atoms with van der Waals surface area (Å²) < 4.78 is 16.2. The Morgan fingerprint density at radius 1 is 1.06 bits per heavy atom. The minimum Gasteiger partial charge on any atom is -0.489 e. The van der Waals surface area contributed by atoms with Crippen LogP contribution in [0.15, 0.2) is 59.1 Å². The van der Waals surface area contributed by atoms with Crippen molar-refractivity contribution in [2.24, 2.45) is 0 Å². The largest absolute Gasteiger partial charge is 0.489 e. The Morgan fingerprint density at radius 2 is 1.74 bits per heavy atom. The topological polar surface area (TPSA) is 81.9 Å². The highest BCUT2D eigenvalue weighted by molar-refractivity contribution is 5.92. The number of amides is 1. The number of esters is 1. The molecule has 7 nitrogen and oxygen atoms in total. The maximum absolute atomic E-state index is 12.5. The number of hydrogen-bond donors (Lipinski definition) is 0. The van der Waals surface area contributed by atoms with E-state index < -0.39 is 12.1 Å². The fourth-order valence-corrected chi connectivity index (χ4v) is 3.08. The molecule has 0 bridgehead atoms. The number of aryl methyl sites for hydroxylation is 2. The molecule has 1 amide bonds. The SMILES string of the molecule is Cc1noc(C)c1COc1ccc(C(=O)O[C@H](C)C(=O)N(C)Cc2ccccc2)cc1. The summed E-state index contributed by atoms with van der Waals surface area (Å²) in [6.45, 7) is 6.03. The summed E-state index contributed by atoms with van der Waals surface area (Å²) in [6.07, 6.45) is -0.892. The van der Waals surface area contributed by atoms with Crippen LogP contribution >= 0.6 is 0 Å².